The van der Waals surface area contributed by atoms with Gasteiger partial charge in [-0.15, -0.1) is 0 Å². The molecule has 0 spiro atoms. The minimum Gasteiger partial charge on any atom is -0.393 e. The van der Waals surface area contributed by atoms with E-state index in [-0.39, 0.29) is 23.3 Å². The molecule has 0 atom stereocenters. The van der Waals surface area contributed by atoms with Crippen LogP contribution in [0.25, 0.3) is 0 Å². The predicted molar refractivity (Wildman–Crippen MR) is 73.4 cm³/mol. The van der Waals surface area contributed by atoms with E-state index in [1.54, 1.807) is 0 Å². The number of non-ortho nitro benzene ring substituents is 1. The summed E-state index contributed by atoms with van der Waals surface area (Å²) in [6.45, 7) is 0.383. The van der Waals surface area contributed by atoms with Gasteiger partial charge in [-0.05, 0) is 37.7 Å². The van der Waals surface area contributed by atoms with E-state index in [0.29, 0.717) is 19.4 Å². The molecule has 0 aromatic heterocycles. The molecular weight excluding hydrogens is 279 g/mol. The van der Waals surface area contributed by atoms with Gasteiger partial charge in [-0.3, -0.25) is 14.9 Å². The van der Waals surface area contributed by atoms with E-state index in [9.17, 15) is 24.4 Å². The van der Waals surface area contributed by atoms with Crippen LogP contribution in [0.1, 0.15) is 36.0 Å². The van der Waals surface area contributed by atoms with E-state index in [4.69, 9.17) is 0 Å². The summed E-state index contributed by atoms with van der Waals surface area (Å²) in [4.78, 5) is 21.9. The number of nitro groups is 1. The van der Waals surface area contributed by atoms with Crippen molar-refractivity contribution in [2.75, 3.05) is 6.54 Å². The molecule has 0 aliphatic heterocycles. The van der Waals surface area contributed by atoms with Gasteiger partial charge in [-0.1, -0.05) is 0 Å². The average Bonchev–Trinajstić information content (AvgIpc) is 2.46. The summed E-state index contributed by atoms with van der Waals surface area (Å²) >= 11 is 0. The lowest BCUT2D eigenvalue weighted by molar-refractivity contribution is -0.384. The molecule has 0 saturated heterocycles. The Morgan fingerprint density at radius 2 is 2.05 bits per heavy atom. The van der Waals surface area contributed by atoms with Crippen molar-refractivity contribution in [2.45, 2.75) is 31.8 Å². The maximum Gasteiger partial charge on any atom is 0.270 e. The van der Waals surface area contributed by atoms with Gasteiger partial charge in [-0.2, -0.15) is 0 Å². The zero-order chi connectivity index (χ0) is 15.4. The van der Waals surface area contributed by atoms with Gasteiger partial charge in [0.2, 0.25) is 0 Å². The monoisotopic (exact) mass is 296 g/mol. The van der Waals surface area contributed by atoms with Crippen LogP contribution < -0.4 is 5.32 Å². The zero-order valence-electron chi connectivity index (χ0n) is 11.4. The van der Waals surface area contributed by atoms with Crippen molar-refractivity contribution in [3.8, 4) is 0 Å². The quantitative estimate of drug-likeness (QED) is 0.656. The minimum absolute atomic E-state index is 0.249. The fraction of sp³-hybridized carbons (Fsp3) is 0.500. The number of hydrogen-bond acceptors (Lipinski definition) is 4. The lowest BCUT2D eigenvalue weighted by atomic mass is 9.87. The highest BCUT2D eigenvalue weighted by atomic mass is 19.1. The van der Waals surface area contributed by atoms with E-state index in [1.807, 2.05) is 0 Å². The molecule has 0 radical (unpaired) electrons. The molecule has 114 valence electrons. The van der Waals surface area contributed by atoms with Gasteiger partial charge in [0.25, 0.3) is 11.6 Å². The Hall–Kier alpha value is -2.02. The number of hydrogen-bond donors (Lipinski definition) is 2. The molecule has 1 fully saturated rings. The number of nitrogens with one attached hydrogen (secondary N) is 1. The van der Waals surface area contributed by atoms with Gasteiger partial charge < -0.3 is 10.4 Å². The molecule has 1 saturated carbocycles. The highest BCUT2D eigenvalue weighted by Crippen LogP contribution is 2.23. The van der Waals surface area contributed by atoms with Crippen molar-refractivity contribution in [1.82, 2.24) is 5.32 Å². The molecular formula is C14H17FN2O4. The number of aliphatic hydroxyl groups excluding tert-OH is 1. The van der Waals surface area contributed by atoms with E-state index < -0.39 is 16.6 Å². The van der Waals surface area contributed by atoms with Crippen LogP contribution in [0.2, 0.25) is 0 Å². The van der Waals surface area contributed by atoms with Gasteiger partial charge in [0.05, 0.1) is 16.6 Å². The largest absolute Gasteiger partial charge is 0.393 e. The van der Waals surface area contributed by atoms with Crippen molar-refractivity contribution in [1.29, 1.82) is 0 Å². The van der Waals surface area contributed by atoms with Gasteiger partial charge in [0, 0.05) is 18.7 Å². The second-order valence-corrected chi connectivity index (χ2v) is 5.31. The van der Waals surface area contributed by atoms with Gasteiger partial charge in [0.1, 0.15) is 5.82 Å². The highest BCUT2D eigenvalue weighted by molar-refractivity contribution is 5.95. The van der Waals surface area contributed by atoms with Gasteiger partial charge in [-0.25, -0.2) is 4.39 Å². The number of halogens is 1. The molecule has 2 rings (SSSR count). The predicted octanol–water partition coefficient (Wildman–Crippen LogP) is 2.01. The molecule has 1 aliphatic rings. The number of aliphatic hydroxyl groups is 1. The maximum absolute atomic E-state index is 13.6. The van der Waals surface area contributed by atoms with Crippen LogP contribution in [-0.2, 0) is 0 Å². The summed E-state index contributed by atoms with van der Waals surface area (Å²) in [7, 11) is 0. The van der Waals surface area contributed by atoms with E-state index >= 15 is 0 Å². The van der Waals surface area contributed by atoms with E-state index in [2.05, 4.69) is 5.32 Å². The first-order valence-corrected chi connectivity index (χ1v) is 6.87. The molecule has 1 aliphatic carbocycles. The third kappa shape index (κ3) is 3.98. The summed E-state index contributed by atoms with van der Waals surface area (Å²) in [5.41, 5.74) is -0.637. The van der Waals surface area contributed by atoms with Crippen LogP contribution >= 0.6 is 0 Å². The second-order valence-electron chi connectivity index (χ2n) is 5.31. The SMILES string of the molecule is O=C(NCC1CCC(O)CC1)c1cc([N+](=O)[O-])ccc1F. The normalized spacial score (nSPS) is 21.8. The highest BCUT2D eigenvalue weighted by Gasteiger charge is 2.21. The summed E-state index contributed by atoms with van der Waals surface area (Å²) in [6, 6.07) is 2.88. The summed E-state index contributed by atoms with van der Waals surface area (Å²) < 4.78 is 13.6. The van der Waals surface area contributed by atoms with Crippen molar-refractivity contribution in [3.63, 3.8) is 0 Å². The second kappa shape index (κ2) is 6.62. The number of nitro benzene ring substituents is 1. The molecule has 21 heavy (non-hydrogen) atoms. The number of carbonyl (C=O) groups excluding carboxylic acids is 1. The minimum atomic E-state index is -0.780. The molecule has 7 heteroatoms. The molecule has 1 amide bonds. The number of nitrogens with zero attached hydrogens (tertiary/aromatic N) is 1. The first-order chi connectivity index (χ1) is 9.97. The van der Waals surface area contributed by atoms with Gasteiger partial charge >= 0.3 is 0 Å². The van der Waals surface area contributed by atoms with Crippen LogP contribution in [0.5, 0.6) is 0 Å². The standard InChI is InChI=1S/C14H17FN2O4/c15-13-6-3-10(17(20)21)7-12(13)14(19)16-8-9-1-4-11(18)5-2-9/h3,6-7,9,11,18H,1-2,4-5,8H2,(H,16,19). The molecule has 0 unspecified atom stereocenters. The maximum atomic E-state index is 13.6. The third-order valence-electron chi connectivity index (χ3n) is 3.77. The Morgan fingerprint density at radius 3 is 2.67 bits per heavy atom. The lowest BCUT2D eigenvalue weighted by Gasteiger charge is -2.25. The number of carbonyl (C=O) groups is 1. The van der Waals surface area contributed by atoms with Crippen LogP contribution in [0, 0.1) is 21.8 Å². The summed E-state index contributed by atoms with van der Waals surface area (Å²) in [6.07, 6.45) is 2.74. The Bertz CT molecular complexity index is 542. The summed E-state index contributed by atoms with van der Waals surface area (Å²) in [5.74, 6) is -1.18. The van der Waals surface area contributed by atoms with Crippen LogP contribution in [0.3, 0.4) is 0 Å². The molecule has 6 nitrogen and oxygen atoms in total. The Kier molecular flexibility index (Phi) is 4.85. The lowest BCUT2D eigenvalue weighted by Crippen LogP contribution is -2.32. The number of rotatable bonds is 4. The number of benzene rings is 1. The Morgan fingerprint density at radius 1 is 1.38 bits per heavy atom. The van der Waals surface area contributed by atoms with Crippen molar-refractivity contribution >= 4 is 11.6 Å². The smallest absolute Gasteiger partial charge is 0.270 e. The zero-order valence-corrected chi connectivity index (χ0v) is 11.4. The fourth-order valence-electron chi connectivity index (χ4n) is 2.48. The Balaban J connectivity index is 1.97. The van der Waals surface area contributed by atoms with E-state index in [0.717, 1.165) is 31.0 Å². The van der Waals surface area contributed by atoms with Crippen LogP contribution in [0.4, 0.5) is 10.1 Å². The fourth-order valence-corrected chi connectivity index (χ4v) is 2.48. The van der Waals surface area contributed by atoms with Crippen LogP contribution in [0.15, 0.2) is 18.2 Å². The van der Waals surface area contributed by atoms with E-state index in [1.165, 1.54) is 0 Å². The first kappa shape index (κ1) is 15.4. The average molecular weight is 296 g/mol. The summed E-state index contributed by atoms with van der Waals surface area (Å²) in [5, 5.41) is 22.7. The molecule has 1 aromatic rings. The van der Waals surface area contributed by atoms with Crippen molar-refractivity contribution in [2.24, 2.45) is 5.92 Å². The van der Waals surface area contributed by atoms with Gasteiger partial charge in [0.15, 0.2) is 0 Å². The van der Waals surface area contributed by atoms with Crippen molar-refractivity contribution < 1.29 is 19.2 Å². The Labute approximate surface area is 121 Å². The first-order valence-electron chi connectivity index (χ1n) is 6.87. The molecule has 0 bridgehead atoms. The number of amides is 1. The molecule has 2 N–H and O–H groups in total. The van der Waals surface area contributed by atoms with Crippen LogP contribution in [-0.4, -0.2) is 28.6 Å². The topological polar surface area (TPSA) is 92.5 Å². The van der Waals surface area contributed by atoms with Crippen molar-refractivity contribution in [3.05, 3.63) is 39.7 Å². The molecule has 1 aromatic carbocycles. The third-order valence-corrected chi connectivity index (χ3v) is 3.77. The molecule has 0 heterocycles.